The van der Waals surface area contributed by atoms with Crippen molar-refractivity contribution in [2.45, 2.75) is 31.7 Å². The van der Waals surface area contributed by atoms with Gasteiger partial charge in [-0.2, -0.15) is 0 Å². The molecule has 1 aromatic rings. The highest BCUT2D eigenvalue weighted by molar-refractivity contribution is 9.10. The Bertz CT molecular complexity index is 514. The Morgan fingerprint density at radius 3 is 2.75 bits per heavy atom. The van der Waals surface area contributed by atoms with E-state index in [4.69, 9.17) is 14.9 Å². The van der Waals surface area contributed by atoms with Crippen LogP contribution >= 0.6 is 15.9 Å². The van der Waals surface area contributed by atoms with Gasteiger partial charge in [0.25, 0.3) is 0 Å². The van der Waals surface area contributed by atoms with Crippen molar-refractivity contribution < 1.29 is 17.6 Å². The van der Waals surface area contributed by atoms with Crippen molar-refractivity contribution >= 4 is 26.0 Å². The maximum absolute atomic E-state index is 12.0. The molecule has 116 valence electrons. The number of ether oxygens (including phenoxy) is 1. The summed E-state index contributed by atoms with van der Waals surface area (Å²) in [7, 11) is -3.59. The summed E-state index contributed by atoms with van der Waals surface area (Å²) in [6.45, 7) is 5.80. The van der Waals surface area contributed by atoms with Crippen LogP contribution in [0.25, 0.3) is 0 Å². The molecule has 0 aliphatic rings. The second-order valence-electron chi connectivity index (χ2n) is 4.77. The van der Waals surface area contributed by atoms with Gasteiger partial charge in [0.05, 0.1) is 6.54 Å². The molecule has 6 nitrogen and oxygen atoms in total. The third-order valence-electron chi connectivity index (χ3n) is 2.41. The second kappa shape index (κ2) is 8.14. The van der Waals surface area contributed by atoms with Gasteiger partial charge in [-0.1, -0.05) is 13.8 Å². The zero-order valence-electron chi connectivity index (χ0n) is 11.7. The van der Waals surface area contributed by atoms with E-state index in [1.54, 1.807) is 0 Å². The van der Waals surface area contributed by atoms with Crippen LogP contribution in [0.3, 0.4) is 0 Å². The lowest BCUT2D eigenvalue weighted by Gasteiger charge is -2.07. The van der Waals surface area contributed by atoms with Crippen molar-refractivity contribution in [1.82, 2.24) is 4.72 Å². The summed E-state index contributed by atoms with van der Waals surface area (Å²) in [5, 5.41) is 0. The number of sulfonamides is 1. The quantitative estimate of drug-likeness (QED) is 0.648. The van der Waals surface area contributed by atoms with E-state index >= 15 is 0 Å². The molecule has 0 saturated heterocycles. The molecule has 0 aromatic carbocycles. The molecule has 1 heterocycles. The molecule has 0 spiro atoms. The first kappa shape index (κ1) is 17.6. The molecule has 0 atom stereocenters. The maximum atomic E-state index is 12.0. The molecule has 0 aliphatic carbocycles. The van der Waals surface area contributed by atoms with Crippen molar-refractivity contribution in [2.24, 2.45) is 11.7 Å². The molecule has 0 aliphatic heterocycles. The van der Waals surface area contributed by atoms with Crippen LogP contribution in [0.1, 0.15) is 26.0 Å². The minimum atomic E-state index is -3.59. The van der Waals surface area contributed by atoms with E-state index in [1.165, 1.54) is 6.07 Å². The third-order valence-corrected chi connectivity index (χ3v) is 4.72. The van der Waals surface area contributed by atoms with Gasteiger partial charge in [0.1, 0.15) is 10.7 Å². The third kappa shape index (κ3) is 5.53. The number of hydrogen-bond donors (Lipinski definition) is 2. The maximum Gasteiger partial charge on any atom is 0.244 e. The fraction of sp³-hybridized carbons (Fsp3) is 0.667. The first-order valence-electron chi connectivity index (χ1n) is 6.42. The number of nitrogens with one attached hydrogen (secondary N) is 1. The number of nitrogens with two attached hydrogens (primary N) is 1. The molecule has 20 heavy (non-hydrogen) atoms. The first-order valence-corrected chi connectivity index (χ1v) is 8.70. The van der Waals surface area contributed by atoms with Crippen LogP contribution in [0.5, 0.6) is 0 Å². The molecule has 0 radical (unpaired) electrons. The summed E-state index contributed by atoms with van der Waals surface area (Å²) in [5.41, 5.74) is 5.41. The molecular weight excluding hydrogens is 348 g/mol. The Labute approximate surface area is 128 Å². The van der Waals surface area contributed by atoms with Crippen molar-refractivity contribution in [3.63, 3.8) is 0 Å². The molecule has 1 rings (SSSR count). The van der Waals surface area contributed by atoms with Gasteiger partial charge < -0.3 is 14.9 Å². The van der Waals surface area contributed by atoms with E-state index < -0.39 is 10.0 Å². The summed E-state index contributed by atoms with van der Waals surface area (Å²) in [6, 6.07) is 1.42. The monoisotopic (exact) mass is 368 g/mol. The molecule has 0 unspecified atom stereocenters. The minimum Gasteiger partial charge on any atom is -0.452 e. The average molecular weight is 369 g/mol. The zero-order chi connectivity index (χ0) is 15.2. The van der Waals surface area contributed by atoms with Gasteiger partial charge in [0.15, 0.2) is 4.67 Å². The molecule has 8 heteroatoms. The van der Waals surface area contributed by atoms with E-state index in [0.29, 0.717) is 37.9 Å². The van der Waals surface area contributed by atoms with Gasteiger partial charge in [-0.15, -0.1) is 0 Å². The predicted molar refractivity (Wildman–Crippen MR) is 79.8 cm³/mol. The predicted octanol–water partition coefficient (Wildman–Crippen LogP) is 1.84. The second-order valence-corrected chi connectivity index (χ2v) is 7.23. The lowest BCUT2D eigenvalue weighted by atomic mass is 10.2. The molecule has 0 bridgehead atoms. The van der Waals surface area contributed by atoms with Crippen molar-refractivity contribution in [2.75, 3.05) is 19.8 Å². The summed E-state index contributed by atoms with van der Waals surface area (Å²) >= 11 is 3.08. The molecule has 0 amide bonds. The Morgan fingerprint density at radius 1 is 1.50 bits per heavy atom. The molecule has 0 fully saturated rings. The van der Waals surface area contributed by atoms with Gasteiger partial charge >= 0.3 is 0 Å². The average Bonchev–Trinajstić information content (AvgIpc) is 2.75. The van der Waals surface area contributed by atoms with E-state index in [9.17, 15) is 8.42 Å². The van der Waals surface area contributed by atoms with Crippen LogP contribution < -0.4 is 10.5 Å². The highest BCUT2D eigenvalue weighted by atomic mass is 79.9. The standard InChI is InChI=1S/C12H21BrN2O4S/c1-9(2)8-18-5-3-4-15-20(16,17)11-6-10(7-14)19-12(11)13/h6,9,15H,3-5,7-8,14H2,1-2H3. The number of halogens is 1. The van der Waals surface area contributed by atoms with Crippen LogP contribution in [-0.4, -0.2) is 28.2 Å². The van der Waals surface area contributed by atoms with Gasteiger partial charge in [-0.3, -0.25) is 0 Å². The minimum absolute atomic E-state index is 0.0704. The van der Waals surface area contributed by atoms with Gasteiger partial charge in [0, 0.05) is 25.8 Å². The lowest BCUT2D eigenvalue weighted by Crippen LogP contribution is -2.25. The molecule has 1 aromatic heterocycles. The van der Waals surface area contributed by atoms with Crippen LogP contribution in [0.4, 0.5) is 0 Å². The Hall–Kier alpha value is -0.410. The highest BCUT2D eigenvalue weighted by Gasteiger charge is 2.21. The largest absolute Gasteiger partial charge is 0.452 e. The van der Waals surface area contributed by atoms with Crippen LogP contribution in [-0.2, 0) is 21.3 Å². The lowest BCUT2D eigenvalue weighted by molar-refractivity contribution is 0.108. The summed E-state index contributed by atoms with van der Waals surface area (Å²) in [5.74, 6) is 0.890. The summed E-state index contributed by atoms with van der Waals surface area (Å²) < 4.78 is 37.3. The number of furan rings is 1. The highest BCUT2D eigenvalue weighted by Crippen LogP contribution is 2.25. The van der Waals surface area contributed by atoms with Crippen molar-refractivity contribution in [3.05, 3.63) is 16.5 Å². The normalized spacial score (nSPS) is 12.2. The topological polar surface area (TPSA) is 94.6 Å². The fourth-order valence-electron chi connectivity index (χ4n) is 1.46. The Morgan fingerprint density at radius 2 is 2.20 bits per heavy atom. The van der Waals surface area contributed by atoms with Gasteiger partial charge in [-0.05, 0) is 28.3 Å². The van der Waals surface area contributed by atoms with E-state index in [2.05, 4.69) is 34.5 Å². The zero-order valence-corrected chi connectivity index (χ0v) is 14.1. The molecule has 0 saturated carbocycles. The molecular formula is C12H21BrN2O4S. The Balaban J connectivity index is 2.43. The van der Waals surface area contributed by atoms with Crippen LogP contribution in [0.2, 0.25) is 0 Å². The summed E-state index contributed by atoms with van der Waals surface area (Å²) in [6.07, 6.45) is 0.616. The first-order chi connectivity index (χ1) is 9.36. The van der Waals surface area contributed by atoms with E-state index in [-0.39, 0.29) is 16.1 Å². The van der Waals surface area contributed by atoms with E-state index in [1.807, 2.05) is 0 Å². The van der Waals surface area contributed by atoms with Crippen molar-refractivity contribution in [3.8, 4) is 0 Å². The number of hydrogen-bond acceptors (Lipinski definition) is 5. The van der Waals surface area contributed by atoms with Gasteiger partial charge in [-0.25, -0.2) is 13.1 Å². The Kier molecular flexibility index (Phi) is 7.18. The SMILES string of the molecule is CC(C)COCCCNS(=O)(=O)c1cc(CN)oc1Br. The molecule has 3 N–H and O–H groups in total. The van der Waals surface area contributed by atoms with Crippen molar-refractivity contribution in [1.29, 1.82) is 0 Å². The van der Waals surface area contributed by atoms with Crippen LogP contribution in [0, 0.1) is 5.92 Å². The fourth-order valence-corrected chi connectivity index (χ4v) is 3.53. The van der Waals surface area contributed by atoms with Crippen LogP contribution in [0.15, 0.2) is 20.0 Å². The summed E-state index contributed by atoms with van der Waals surface area (Å²) in [4.78, 5) is 0.0704. The number of rotatable bonds is 9. The van der Waals surface area contributed by atoms with E-state index in [0.717, 1.165) is 0 Å². The smallest absolute Gasteiger partial charge is 0.244 e. The van der Waals surface area contributed by atoms with Gasteiger partial charge in [0.2, 0.25) is 10.0 Å².